The Labute approximate surface area is 295 Å². The number of aliphatic hydroxyl groups is 1. The molecule has 1 amide bonds. The second kappa shape index (κ2) is 19.7. The van der Waals surface area contributed by atoms with Crippen molar-refractivity contribution in [3.8, 4) is 10.4 Å². The highest BCUT2D eigenvalue weighted by molar-refractivity contribution is 9.10. The topological polar surface area (TPSA) is 229 Å². The van der Waals surface area contributed by atoms with Crippen LogP contribution in [0.25, 0.3) is 10.4 Å². The maximum Gasteiger partial charge on any atom is 0.499 e. The molecule has 18 heteroatoms. The maximum atomic E-state index is 11.3. The van der Waals surface area contributed by atoms with Gasteiger partial charge in [0.1, 0.15) is 17.0 Å². The molecule has 5 rings (SSSR count). The van der Waals surface area contributed by atoms with Crippen LogP contribution in [0.15, 0.2) is 75.9 Å². The minimum Gasteiger partial charge on any atom is -0.444 e. The summed E-state index contributed by atoms with van der Waals surface area (Å²) < 4.78 is 6.46. The molecule has 2 aromatic carbocycles. The third-order valence-corrected chi connectivity index (χ3v) is 8.21. The van der Waals surface area contributed by atoms with Crippen molar-refractivity contribution in [2.75, 3.05) is 31.2 Å². The Morgan fingerprint density at radius 1 is 0.979 bits per heavy atom. The number of hydrogen-bond donors (Lipinski definition) is 5. The summed E-state index contributed by atoms with van der Waals surface area (Å²) in [5.74, 6) is 0.243. The summed E-state index contributed by atoms with van der Waals surface area (Å²) >= 11 is 6.05. The van der Waals surface area contributed by atoms with Crippen LogP contribution < -0.4 is 16.2 Å². The van der Waals surface area contributed by atoms with E-state index in [-0.39, 0.29) is 48.8 Å². The average Bonchev–Trinajstić information content (AvgIpc) is 3.67. The summed E-state index contributed by atoms with van der Waals surface area (Å²) in [5, 5.41) is 50.2. The molecule has 4 aromatic rings. The summed E-state index contributed by atoms with van der Waals surface area (Å²) in [6.45, 7) is 6.91. The van der Waals surface area contributed by atoms with Gasteiger partial charge in [-0.25, -0.2) is 4.79 Å². The van der Waals surface area contributed by atoms with Gasteiger partial charge in [0.05, 0.1) is 9.85 Å². The van der Waals surface area contributed by atoms with Crippen molar-refractivity contribution in [2.24, 2.45) is 5.92 Å². The van der Waals surface area contributed by atoms with E-state index in [1.807, 2.05) is 38.3 Å². The third kappa shape index (κ3) is 14.0. The normalized spacial score (nSPS) is 11.9. The van der Waals surface area contributed by atoms with Gasteiger partial charge >= 0.3 is 13.2 Å². The molecule has 260 valence electrons. The first-order chi connectivity index (χ1) is 22.0. The van der Waals surface area contributed by atoms with Gasteiger partial charge in [-0.2, -0.15) is 11.3 Å². The molecule has 7 N–H and O–H groups in total. The Bertz CT molecular complexity index is 1600. The second-order valence-electron chi connectivity index (χ2n) is 10.8. The van der Waals surface area contributed by atoms with Crippen LogP contribution in [0.1, 0.15) is 28.2 Å². The van der Waals surface area contributed by atoms with Gasteiger partial charge in [-0.05, 0) is 67.4 Å². The molecule has 1 aliphatic heterocycles. The number of amides is 1. The van der Waals surface area contributed by atoms with E-state index >= 15 is 0 Å². The number of carbonyl (C=O) groups is 1. The van der Waals surface area contributed by atoms with Crippen molar-refractivity contribution in [3.63, 3.8) is 0 Å². The zero-order valence-corrected chi connectivity index (χ0v) is 28.9. The molecule has 0 radical (unpaired) electrons. The van der Waals surface area contributed by atoms with Crippen LogP contribution in [0, 0.1) is 26.1 Å². The number of hydrogen-bond acceptors (Lipinski definition) is 13. The van der Waals surface area contributed by atoms with Gasteiger partial charge in [0, 0.05) is 51.9 Å². The molecule has 0 aliphatic carbocycles. The van der Waals surface area contributed by atoms with Crippen molar-refractivity contribution >= 4 is 79.3 Å². The molecule has 48 heavy (non-hydrogen) atoms. The molecule has 2 aromatic heterocycles. The molecule has 1 aliphatic rings. The highest BCUT2D eigenvalue weighted by Crippen LogP contribution is 2.30. The van der Waals surface area contributed by atoms with Gasteiger partial charge in [0.2, 0.25) is 0 Å². The van der Waals surface area contributed by atoms with Gasteiger partial charge in [0.15, 0.2) is 0 Å². The van der Waals surface area contributed by atoms with E-state index in [0.29, 0.717) is 17.9 Å². The van der Waals surface area contributed by atoms with Crippen LogP contribution in [0.2, 0.25) is 0 Å². The predicted octanol–water partition coefficient (Wildman–Crippen LogP) is 5.75. The molecule has 1 fully saturated rings. The molecular weight excluding hydrogens is 729 g/mol. The second-order valence-corrected chi connectivity index (χ2v) is 13.6. The molecule has 14 nitrogen and oxygen atoms in total. The Balaban J connectivity index is 0.000000325. The lowest BCUT2D eigenvalue weighted by molar-refractivity contribution is -0.384. The van der Waals surface area contributed by atoms with Crippen LogP contribution in [0.3, 0.4) is 0 Å². The number of rotatable bonds is 5. The highest BCUT2D eigenvalue weighted by Gasteiger charge is 2.32. The number of likely N-dealkylation sites (tertiary alicyclic amines) is 1. The third-order valence-electron chi connectivity index (χ3n) is 5.88. The van der Waals surface area contributed by atoms with E-state index in [1.54, 1.807) is 51.9 Å². The number of nitrogen functional groups attached to an aromatic ring is 2. The van der Waals surface area contributed by atoms with Crippen LogP contribution >= 0.6 is 38.6 Å². The van der Waals surface area contributed by atoms with Crippen LogP contribution in [-0.2, 0) is 4.74 Å². The van der Waals surface area contributed by atoms with E-state index < -0.39 is 22.6 Å². The van der Waals surface area contributed by atoms with Crippen molar-refractivity contribution < 1.29 is 34.5 Å². The lowest BCUT2D eigenvalue weighted by Gasteiger charge is -2.38. The van der Waals surface area contributed by atoms with Gasteiger partial charge in [0.25, 0.3) is 11.4 Å². The van der Waals surface area contributed by atoms with Gasteiger partial charge in [-0.1, -0.05) is 41.6 Å². The lowest BCUT2D eigenvalue weighted by atomic mass is 9.90. The van der Waals surface area contributed by atoms with Gasteiger partial charge in [-0.3, -0.25) is 20.2 Å². The molecule has 0 saturated carbocycles. The first-order valence-corrected chi connectivity index (χ1v) is 16.3. The van der Waals surface area contributed by atoms with E-state index in [4.69, 9.17) is 31.4 Å². The van der Waals surface area contributed by atoms with Crippen molar-refractivity contribution in [1.29, 1.82) is 0 Å². The number of nitro groups is 2. The number of aliphatic hydroxyl groups excluding tert-OH is 1. The summed E-state index contributed by atoms with van der Waals surface area (Å²) in [5.41, 5.74) is 11.7. The number of nitrogens with zero attached hydrogens (tertiary/aromatic N) is 3. The van der Waals surface area contributed by atoms with Gasteiger partial charge < -0.3 is 36.3 Å². The molecular formula is C30H39BBrN5O9S2. The van der Waals surface area contributed by atoms with Crippen LogP contribution in [-0.4, -0.2) is 68.4 Å². The minimum absolute atomic E-state index is 0. The molecule has 0 bridgehead atoms. The van der Waals surface area contributed by atoms with E-state index in [9.17, 15) is 25.0 Å². The number of carbonyl (C=O) groups excluding carboxylic acids is 1. The number of nitrogens with two attached hydrogens (primary N) is 2. The first-order valence-electron chi connectivity index (χ1n) is 13.8. The predicted molar refractivity (Wildman–Crippen MR) is 195 cm³/mol. The fraction of sp³-hybridized carbons (Fsp3) is 0.300. The summed E-state index contributed by atoms with van der Waals surface area (Å²) in [7, 11) is -1.30. The summed E-state index contributed by atoms with van der Waals surface area (Å²) in [6, 6.07) is 16.5. The fourth-order valence-electron chi connectivity index (χ4n) is 3.61. The highest BCUT2D eigenvalue weighted by atomic mass is 79.9. The van der Waals surface area contributed by atoms with Crippen LogP contribution in [0.5, 0.6) is 0 Å². The fourth-order valence-corrected chi connectivity index (χ4v) is 5.30. The maximum absolute atomic E-state index is 11.3. The van der Waals surface area contributed by atoms with E-state index in [0.717, 1.165) is 14.9 Å². The van der Waals surface area contributed by atoms with Crippen molar-refractivity contribution in [1.82, 2.24) is 4.90 Å². The molecule has 0 spiro atoms. The zero-order chi connectivity index (χ0) is 35.3. The monoisotopic (exact) mass is 767 g/mol. The quantitative estimate of drug-likeness (QED) is 0.0710. The Morgan fingerprint density at radius 2 is 1.52 bits per heavy atom. The number of halogens is 1. The Hall–Kier alpha value is -4.07. The first kappa shape index (κ1) is 42.0. The van der Waals surface area contributed by atoms with Crippen LogP contribution in [0.4, 0.5) is 27.5 Å². The standard InChI is InChI=1S/C10H8N2O2S.C9H17NO3.C6H5BrN2O2.C4H5BO2S.CH4/c11-8-6-7(10-2-1-5-15-10)3-4-9(8)12(13)14;1-9(2,3)13-8(12)10-4-7(5-10)6-11;7-4-1-2-6(9(10)11)5(8)3-4;6-5(7)4-2-1-3-8-4;/h1-6H,11H2;7,11H,4-6H2,1-3H3;1-3H,8H2;1-3,6-7H;1H4. The van der Waals surface area contributed by atoms with E-state index in [2.05, 4.69) is 15.9 Å². The Kier molecular flexibility index (Phi) is 17.2. The largest absolute Gasteiger partial charge is 0.499 e. The number of nitro benzene ring substituents is 2. The number of benzene rings is 2. The molecule has 3 heterocycles. The minimum atomic E-state index is -1.30. The van der Waals surface area contributed by atoms with Gasteiger partial charge in [-0.15, -0.1) is 11.3 Å². The number of anilines is 2. The lowest BCUT2D eigenvalue weighted by Crippen LogP contribution is -2.52. The van der Waals surface area contributed by atoms with Crippen molar-refractivity contribution in [2.45, 2.75) is 33.8 Å². The summed E-state index contributed by atoms with van der Waals surface area (Å²) in [4.78, 5) is 33.8. The molecule has 0 atom stereocenters. The number of thiophene rings is 2. The number of ether oxygens (including phenoxy) is 1. The average molecular weight is 769 g/mol. The van der Waals surface area contributed by atoms with E-state index in [1.165, 1.54) is 29.5 Å². The Morgan fingerprint density at radius 3 is 1.92 bits per heavy atom. The summed E-state index contributed by atoms with van der Waals surface area (Å²) in [6.07, 6.45) is -0.280. The molecule has 0 unspecified atom stereocenters. The molecule has 1 saturated heterocycles. The van der Waals surface area contributed by atoms with Crippen molar-refractivity contribution in [3.05, 3.63) is 96.1 Å². The smallest absolute Gasteiger partial charge is 0.444 e. The zero-order valence-electron chi connectivity index (χ0n) is 25.7. The SMILES string of the molecule is C.CC(C)(C)OC(=O)N1CC(CO)C1.Nc1cc(-c2cccs2)ccc1[N+](=O)[O-].Nc1cc(Br)ccc1[N+](=O)[O-].OB(O)c1cccs1.